The number of alkyl halides is 2. The zero-order valence-electron chi connectivity index (χ0n) is 6.99. The van der Waals surface area contributed by atoms with Crippen molar-refractivity contribution >= 4 is 23.6 Å². The van der Waals surface area contributed by atoms with E-state index in [1.807, 2.05) is 0 Å². The van der Waals surface area contributed by atoms with E-state index >= 15 is 0 Å². The Hall–Kier alpha value is -1.63. The van der Waals surface area contributed by atoms with E-state index in [1.54, 1.807) is 0 Å². The van der Waals surface area contributed by atoms with E-state index in [9.17, 15) is 23.7 Å². The van der Waals surface area contributed by atoms with Crippen LogP contribution in [-0.2, 0) is 0 Å². The van der Waals surface area contributed by atoms with E-state index in [-0.39, 0.29) is 6.29 Å². The molecule has 0 aromatic carbocycles. The van der Waals surface area contributed by atoms with Crippen LogP contribution < -0.4 is 0 Å². The number of rotatable bonds is 3. The number of nitro groups is 1. The van der Waals surface area contributed by atoms with Crippen molar-refractivity contribution in [3.8, 4) is 0 Å². The molecule has 0 amide bonds. The first-order valence-corrected chi connectivity index (χ1v) is 3.93. The first-order valence-electron chi connectivity index (χ1n) is 3.55. The third kappa shape index (κ3) is 2.07. The molecular weight excluding hydrogens is 234 g/mol. The minimum atomic E-state index is -3.09. The lowest BCUT2D eigenvalue weighted by molar-refractivity contribution is -0.385. The van der Waals surface area contributed by atoms with Gasteiger partial charge in [0.15, 0.2) is 6.29 Å². The first kappa shape index (κ1) is 11.4. The minimum absolute atomic E-state index is 0.0666. The quantitative estimate of drug-likeness (QED) is 0.459. The molecular formula is C7H3ClF2N2O3. The minimum Gasteiger partial charge on any atom is -0.296 e. The Kier molecular flexibility index (Phi) is 3.25. The number of hydrogen-bond acceptors (Lipinski definition) is 4. The number of halogens is 3. The Labute approximate surface area is 86.8 Å². The fourth-order valence-corrected chi connectivity index (χ4v) is 1.23. The molecule has 0 aliphatic carbocycles. The molecule has 8 heteroatoms. The van der Waals surface area contributed by atoms with Crippen LogP contribution >= 0.6 is 11.6 Å². The second-order valence-corrected chi connectivity index (χ2v) is 2.81. The van der Waals surface area contributed by atoms with E-state index < -0.39 is 33.3 Å². The second-order valence-electron chi connectivity index (χ2n) is 2.43. The third-order valence-corrected chi connectivity index (χ3v) is 1.99. The first-order chi connectivity index (χ1) is 6.99. The molecule has 1 aromatic heterocycles. The van der Waals surface area contributed by atoms with Crippen molar-refractivity contribution in [2.24, 2.45) is 0 Å². The monoisotopic (exact) mass is 236 g/mol. The number of hydrogen-bond donors (Lipinski definition) is 0. The summed E-state index contributed by atoms with van der Waals surface area (Å²) in [5.74, 6) is 0. The van der Waals surface area contributed by atoms with Crippen LogP contribution in [0.4, 0.5) is 14.5 Å². The predicted molar refractivity (Wildman–Crippen MR) is 46.2 cm³/mol. The number of pyridine rings is 1. The highest BCUT2D eigenvalue weighted by atomic mass is 35.5. The highest BCUT2D eigenvalue weighted by Gasteiger charge is 2.25. The Balaban J connectivity index is 3.49. The molecule has 0 unspecified atom stereocenters. The van der Waals surface area contributed by atoms with Gasteiger partial charge in [0.25, 0.3) is 6.43 Å². The van der Waals surface area contributed by atoms with E-state index in [2.05, 4.69) is 4.98 Å². The van der Waals surface area contributed by atoms with Crippen LogP contribution in [0, 0.1) is 10.1 Å². The van der Waals surface area contributed by atoms with Crippen LogP contribution in [0.1, 0.15) is 22.5 Å². The Morgan fingerprint density at radius 3 is 2.60 bits per heavy atom. The molecule has 1 heterocycles. The molecule has 0 bridgehead atoms. The van der Waals surface area contributed by atoms with Crippen molar-refractivity contribution in [3.63, 3.8) is 0 Å². The van der Waals surface area contributed by atoms with Gasteiger partial charge in [-0.1, -0.05) is 11.6 Å². The van der Waals surface area contributed by atoms with Gasteiger partial charge < -0.3 is 0 Å². The number of carbonyl (C=O) groups excluding carboxylic acids is 1. The molecule has 0 spiro atoms. The van der Waals surface area contributed by atoms with Gasteiger partial charge in [-0.2, -0.15) is 0 Å². The van der Waals surface area contributed by atoms with Crippen LogP contribution in [0.15, 0.2) is 6.20 Å². The molecule has 0 saturated heterocycles. The third-order valence-electron chi connectivity index (χ3n) is 1.59. The highest BCUT2D eigenvalue weighted by molar-refractivity contribution is 6.33. The SMILES string of the molecule is O=Cc1ncc([N+](=O)[O-])c(Cl)c1C(F)F. The maximum Gasteiger partial charge on any atom is 0.306 e. The lowest BCUT2D eigenvalue weighted by Crippen LogP contribution is -2.01. The topological polar surface area (TPSA) is 73.1 Å². The molecule has 0 atom stereocenters. The van der Waals surface area contributed by atoms with Gasteiger partial charge in [0.1, 0.15) is 16.9 Å². The maximum absolute atomic E-state index is 12.4. The molecule has 0 aliphatic rings. The average Bonchev–Trinajstić information content (AvgIpc) is 2.15. The van der Waals surface area contributed by atoms with E-state index in [0.29, 0.717) is 6.20 Å². The molecule has 0 aliphatic heterocycles. The number of nitrogens with zero attached hydrogens (tertiary/aromatic N) is 2. The van der Waals surface area contributed by atoms with Crippen LogP contribution in [-0.4, -0.2) is 16.2 Å². The van der Waals surface area contributed by atoms with Gasteiger partial charge in [0, 0.05) is 0 Å². The molecule has 0 radical (unpaired) electrons. The van der Waals surface area contributed by atoms with Crippen molar-refractivity contribution in [2.45, 2.75) is 6.43 Å². The van der Waals surface area contributed by atoms with Gasteiger partial charge in [0.2, 0.25) is 0 Å². The Morgan fingerprint density at radius 2 is 2.20 bits per heavy atom. The summed E-state index contributed by atoms with van der Waals surface area (Å²) >= 11 is 5.36. The number of carbonyl (C=O) groups is 1. The summed E-state index contributed by atoms with van der Waals surface area (Å²) in [6.07, 6.45) is -2.36. The van der Waals surface area contributed by atoms with Gasteiger partial charge in [0.05, 0.1) is 10.5 Å². The van der Waals surface area contributed by atoms with Crippen LogP contribution in [0.25, 0.3) is 0 Å². The normalized spacial score (nSPS) is 10.4. The Morgan fingerprint density at radius 1 is 1.60 bits per heavy atom. The van der Waals surface area contributed by atoms with E-state index in [1.165, 1.54) is 0 Å². The van der Waals surface area contributed by atoms with Crippen molar-refractivity contribution in [3.05, 3.63) is 32.6 Å². The number of aldehydes is 1. The summed E-state index contributed by atoms with van der Waals surface area (Å²) in [5, 5.41) is 9.59. The Bertz CT molecular complexity index is 425. The zero-order valence-corrected chi connectivity index (χ0v) is 7.74. The highest BCUT2D eigenvalue weighted by Crippen LogP contribution is 2.34. The molecule has 1 rings (SSSR count). The van der Waals surface area contributed by atoms with Gasteiger partial charge in [-0.3, -0.25) is 14.9 Å². The molecule has 15 heavy (non-hydrogen) atoms. The predicted octanol–water partition coefficient (Wildman–Crippen LogP) is 2.39. The van der Waals surface area contributed by atoms with Crippen LogP contribution in [0.2, 0.25) is 5.02 Å². The zero-order chi connectivity index (χ0) is 11.6. The van der Waals surface area contributed by atoms with Gasteiger partial charge >= 0.3 is 5.69 Å². The van der Waals surface area contributed by atoms with Gasteiger partial charge in [-0.05, 0) is 0 Å². The fraction of sp³-hybridized carbons (Fsp3) is 0.143. The summed E-state index contributed by atoms with van der Waals surface area (Å²) in [6, 6.07) is 0. The molecule has 0 saturated carbocycles. The van der Waals surface area contributed by atoms with Crippen molar-refractivity contribution in [2.75, 3.05) is 0 Å². The lowest BCUT2D eigenvalue weighted by atomic mass is 10.2. The fourth-order valence-electron chi connectivity index (χ4n) is 0.936. The van der Waals surface area contributed by atoms with Crippen molar-refractivity contribution in [1.82, 2.24) is 4.98 Å². The molecule has 5 nitrogen and oxygen atoms in total. The summed E-state index contributed by atoms with van der Waals surface area (Å²) in [6.45, 7) is 0. The maximum atomic E-state index is 12.4. The average molecular weight is 237 g/mol. The largest absolute Gasteiger partial charge is 0.306 e. The second kappa shape index (κ2) is 4.26. The standard InChI is InChI=1S/C7H3ClF2N2O3/c8-6-4(12(14)15)1-11-3(2-13)5(6)7(9)10/h1-2,7H. The van der Waals surface area contributed by atoms with Crippen LogP contribution in [0.3, 0.4) is 0 Å². The molecule has 0 N–H and O–H groups in total. The molecule has 0 fully saturated rings. The van der Waals surface area contributed by atoms with Crippen molar-refractivity contribution < 1.29 is 18.5 Å². The number of aromatic nitrogens is 1. The van der Waals surface area contributed by atoms with Gasteiger partial charge in [-0.25, -0.2) is 13.8 Å². The smallest absolute Gasteiger partial charge is 0.296 e. The molecule has 1 aromatic rings. The van der Waals surface area contributed by atoms with Crippen molar-refractivity contribution in [1.29, 1.82) is 0 Å². The summed E-state index contributed by atoms with van der Waals surface area (Å²) in [4.78, 5) is 23.0. The lowest BCUT2D eigenvalue weighted by Gasteiger charge is -2.04. The van der Waals surface area contributed by atoms with E-state index in [4.69, 9.17) is 11.6 Å². The van der Waals surface area contributed by atoms with Crippen LogP contribution in [0.5, 0.6) is 0 Å². The van der Waals surface area contributed by atoms with E-state index in [0.717, 1.165) is 0 Å². The summed E-state index contributed by atoms with van der Waals surface area (Å²) < 4.78 is 24.8. The summed E-state index contributed by atoms with van der Waals surface area (Å²) in [7, 11) is 0. The molecule has 80 valence electrons. The summed E-state index contributed by atoms with van der Waals surface area (Å²) in [5.41, 5.74) is -2.26. The van der Waals surface area contributed by atoms with Gasteiger partial charge in [-0.15, -0.1) is 0 Å².